The molecule has 2 aliphatic rings. The zero-order valence-electron chi connectivity index (χ0n) is 16.3. The van der Waals surface area contributed by atoms with Crippen molar-refractivity contribution in [3.05, 3.63) is 53.6 Å². The van der Waals surface area contributed by atoms with E-state index in [1.54, 1.807) is 29.2 Å². The number of amides is 2. The summed E-state index contributed by atoms with van der Waals surface area (Å²) in [4.78, 5) is 26.6. The van der Waals surface area contributed by atoms with Gasteiger partial charge in [-0.1, -0.05) is 11.6 Å². The van der Waals surface area contributed by atoms with Crippen molar-refractivity contribution in [2.24, 2.45) is 0 Å². The molecule has 30 heavy (non-hydrogen) atoms. The number of halogens is 1. The first-order chi connectivity index (χ1) is 14.4. The van der Waals surface area contributed by atoms with Crippen LogP contribution in [0.5, 0.6) is 0 Å². The molecule has 0 aromatic heterocycles. The van der Waals surface area contributed by atoms with Crippen LogP contribution in [-0.2, 0) is 19.6 Å². The quantitative estimate of drug-likeness (QED) is 0.762. The highest BCUT2D eigenvalue weighted by molar-refractivity contribution is 7.89. The van der Waals surface area contributed by atoms with Gasteiger partial charge in [0.1, 0.15) is 6.04 Å². The summed E-state index contributed by atoms with van der Waals surface area (Å²) in [5.41, 5.74) is 1.36. The largest absolute Gasteiger partial charge is 0.325 e. The summed E-state index contributed by atoms with van der Waals surface area (Å²) >= 11 is 5.86. The summed E-state index contributed by atoms with van der Waals surface area (Å²) in [7, 11) is -3.80. The predicted octanol–water partition coefficient (Wildman–Crippen LogP) is 3.26. The molecule has 0 spiro atoms. The van der Waals surface area contributed by atoms with Crippen molar-refractivity contribution in [2.75, 3.05) is 23.3 Å². The number of hydrogen-bond acceptors (Lipinski definition) is 4. The fraction of sp³-hybridized carbons (Fsp3) is 0.333. The highest BCUT2D eigenvalue weighted by atomic mass is 35.5. The van der Waals surface area contributed by atoms with E-state index in [0.29, 0.717) is 43.1 Å². The van der Waals surface area contributed by atoms with Crippen molar-refractivity contribution in [1.82, 2.24) is 4.31 Å². The van der Waals surface area contributed by atoms with Crippen LogP contribution < -0.4 is 10.2 Å². The van der Waals surface area contributed by atoms with Crippen LogP contribution in [0.15, 0.2) is 53.4 Å². The Labute approximate surface area is 180 Å². The summed E-state index contributed by atoms with van der Waals surface area (Å²) in [5.74, 6) is -0.268. The Balaban J connectivity index is 1.47. The summed E-state index contributed by atoms with van der Waals surface area (Å²) in [6.07, 6.45) is 2.47. The lowest BCUT2D eigenvalue weighted by atomic mass is 10.2. The van der Waals surface area contributed by atoms with E-state index in [-0.39, 0.29) is 16.7 Å². The SMILES string of the molecule is O=C(Nc1ccc(N2CCCC2=O)cc1)[C@H]1CCCN1S(=O)(=O)c1ccc(Cl)cc1. The van der Waals surface area contributed by atoms with Gasteiger partial charge in [-0.15, -0.1) is 0 Å². The number of nitrogens with zero attached hydrogens (tertiary/aromatic N) is 2. The van der Waals surface area contributed by atoms with Crippen LogP contribution in [0.4, 0.5) is 11.4 Å². The van der Waals surface area contributed by atoms with E-state index >= 15 is 0 Å². The van der Waals surface area contributed by atoms with Gasteiger partial charge in [-0.2, -0.15) is 4.31 Å². The molecule has 0 radical (unpaired) electrons. The van der Waals surface area contributed by atoms with E-state index in [4.69, 9.17) is 11.6 Å². The maximum Gasteiger partial charge on any atom is 0.243 e. The van der Waals surface area contributed by atoms with Crippen LogP contribution in [0.25, 0.3) is 0 Å². The van der Waals surface area contributed by atoms with E-state index in [1.165, 1.54) is 28.6 Å². The third kappa shape index (κ3) is 4.08. The first kappa shape index (κ1) is 20.8. The zero-order valence-corrected chi connectivity index (χ0v) is 17.8. The van der Waals surface area contributed by atoms with Gasteiger partial charge in [0.05, 0.1) is 4.90 Å². The Morgan fingerprint density at radius 1 is 1.00 bits per heavy atom. The molecular formula is C21H22ClN3O4S. The molecule has 2 aromatic carbocycles. The topological polar surface area (TPSA) is 86.8 Å². The Morgan fingerprint density at radius 2 is 1.70 bits per heavy atom. The van der Waals surface area contributed by atoms with E-state index in [2.05, 4.69) is 5.32 Å². The fourth-order valence-corrected chi connectivity index (χ4v) is 5.69. The molecule has 9 heteroatoms. The van der Waals surface area contributed by atoms with Crippen molar-refractivity contribution in [2.45, 2.75) is 36.6 Å². The lowest BCUT2D eigenvalue weighted by Gasteiger charge is -2.23. The number of rotatable bonds is 5. The number of sulfonamides is 1. The van der Waals surface area contributed by atoms with Crippen molar-refractivity contribution in [1.29, 1.82) is 0 Å². The van der Waals surface area contributed by atoms with E-state index < -0.39 is 16.1 Å². The second-order valence-electron chi connectivity index (χ2n) is 7.41. The third-order valence-electron chi connectivity index (χ3n) is 5.45. The molecule has 1 N–H and O–H groups in total. The zero-order chi connectivity index (χ0) is 21.3. The normalized spacial score (nSPS) is 20.0. The maximum atomic E-state index is 13.0. The van der Waals surface area contributed by atoms with Gasteiger partial charge in [0.2, 0.25) is 21.8 Å². The average Bonchev–Trinajstić information content (AvgIpc) is 3.38. The van der Waals surface area contributed by atoms with E-state index in [1.807, 2.05) is 0 Å². The van der Waals surface area contributed by atoms with Gasteiger partial charge in [-0.3, -0.25) is 9.59 Å². The molecule has 0 saturated carbocycles. The number of carbonyl (C=O) groups is 2. The minimum absolute atomic E-state index is 0.0980. The molecule has 2 saturated heterocycles. The predicted molar refractivity (Wildman–Crippen MR) is 115 cm³/mol. The molecular weight excluding hydrogens is 426 g/mol. The smallest absolute Gasteiger partial charge is 0.243 e. The number of benzene rings is 2. The Hall–Kier alpha value is -2.42. The van der Waals surface area contributed by atoms with Crippen LogP contribution in [0.2, 0.25) is 5.02 Å². The second kappa shape index (κ2) is 8.37. The van der Waals surface area contributed by atoms with Crippen molar-refractivity contribution >= 4 is 44.8 Å². The van der Waals surface area contributed by atoms with Crippen LogP contribution in [-0.4, -0.2) is 43.7 Å². The molecule has 2 aromatic rings. The highest BCUT2D eigenvalue weighted by Gasteiger charge is 2.39. The minimum atomic E-state index is -3.80. The first-order valence-electron chi connectivity index (χ1n) is 9.85. The third-order valence-corrected chi connectivity index (χ3v) is 7.62. The Bertz CT molecular complexity index is 1050. The standard InChI is InChI=1S/C21H22ClN3O4S/c22-15-5-11-18(12-6-15)30(28,29)25-14-1-3-19(25)21(27)23-16-7-9-17(10-8-16)24-13-2-4-20(24)26/h5-12,19H,1-4,13-14H2,(H,23,27)/t19-/m1/s1. The molecule has 2 amide bonds. The second-order valence-corrected chi connectivity index (χ2v) is 9.74. The average molecular weight is 448 g/mol. The number of hydrogen-bond donors (Lipinski definition) is 1. The molecule has 7 nitrogen and oxygen atoms in total. The van der Waals surface area contributed by atoms with Gasteiger partial charge < -0.3 is 10.2 Å². The van der Waals surface area contributed by atoms with Gasteiger partial charge in [-0.25, -0.2) is 8.42 Å². The first-order valence-corrected chi connectivity index (χ1v) is 11.7. The van der Waals surface area contributed by atoms with Crippen LogP contribution >= 0.6 is 11.6 Å². The molecule has 0 bridgehead atoms. The van der Waals surface area contributed by atoms with Crippen LogP contribution in [0.3, 0.4) is 0 Å². The molecule has 158 valence electrons. The summed E-state index contributed by atoms with van der Waals surface area (Å²) in [6, 6.07) is 12.2. The van der Waals surface area contributed by atoms with Gasteiger partial charge >= 0.3 is 0 Å². The fourth-order valence-electron chi connectivity index (χ4n) is 3.90. The molecule has 0 aliphatic carbocycles. The minimum Gasteiger partial charge on any atom is -0.325 e. The monoisotopic (exact) mass is 447 g/mol. The van der Waals surface area contributed by atoms with Gasteiger partial charge in [0.25, 0.3) is 0 Å². The van der Waals surface area contributed by atoms with Gasteiger partial charge in [0.15, 0.2) is 0 Å². The molecule has 2 heterocycles. The highest BCUT2D eigenvalue weighted by Crippen LogP contribution is 2.28. The van der Waals surface area contributed by atoms with Gasteiger partial charge in [0, 0.05) is 35.9 Å². The van der Waals surface area contributed by atoms with Crippen molar-refractivity contribution in [3.63, 3.8) is 0 Å². The molecule has 1 atom stereocenters. The lowest BCUT2D eigenvalue weighted by molar-refractivity contribution is -0.119. The lowest BCUT2D eigenvalue weighted by Crippen LogP contribution is -2.43. The van der Waals surface area contributed by atoms with Crippen molar-refractivity contribution in [3.8, 4) is 0 Å². The van der Waals surface area contributed by atoms with E-state index in [0.717, 1.165) is 12.1 Å². The summed E-state index contributed by atoms with van der Waals surface area (Å²) in [5, 5.41) is 3.25. The Morgan fingerprint density at radius 3 is 2.33 bits per heavy atom. The van der Waals surface area contributed by atoms with Crippen LogP contribution in [0, 0.1) is 0 Å². The summed E-state index contributed by atoms with van der Waals surface area (Å²) in [6.45, 7) is 0.989. The molecule has 2 fully saturated rings. The number of carbonyl (C=O) groups excluding carboxylic acids is 2. The van der Waals surface area contributed by atoms with Gasteiger partial charge in [-0.05, 0) is 67.8 Å². The summed E-state index contributed by atoms with van der Waals surface area (Å²) < 4.78 is 27.3. The molecule has 2 aliphatic heterocycles. The Kier molecular flexibility index (Phi) is 5.81. The van der Waals surface area contributed by atoms with Crippen LogP contribution in [0.1, 0.15) is 25.7 Å². The number of nitrogens with one attached hydrogen (secondary N) is 1. The molecule has 0 unspecified atom stereocenters. The van der Waals surface area contributed by atoms with Crippen molar-refractivity contribution < 1.29 is 18.0 Å². The maximum absolute atomic E-state index is 13.0. The number of anilines is 2. The molecule has 4 rings (SSSR count). The van der Waals surface area contributed by atoms with E-state index in [9.17, 15) is 18.0 Å².